The molecule has 0 spiro atoms. The van der Waals surface area contributed by atoms with Crippen LogP contribution in [0.5, 0.6) is 0 Å². The molecule has 0 bridgehead atoms. The molecule has 2 heterocycles. The fourth-order valence-corrected chi connectivity index (χ4v) is 3.04. The Hall–Kier alpha value is -0.830. The van der Waals surface area contributed by atoms with Gasteiger partial charge in [0.15, 0.2) is 5.16 Å². The van der Waals surface area contributed by atoms with E-state index >= 15 is 0 Å². The number of carbonyl (C=O) groups is 1. The molecule has 1 amide bonds. The average molecular weight is 378 g/mol. The van der Waals surface area contributed by atoms with Crippen LogP contribution in [-0.4, -0.2) is 59.3 Å². The van der Waals surface area contributed by atoms with Gasteiger partial charge in [0.05, 0.1) is 13.2 Å². The van der Waals surface area contributed by atoms with Crippen LogP contribution in [0.2, 0.25) is 0 Å². The lowest BCUT2D eigenvalue weighted by Gasteiger charge is -2.22. The van der Waals surface area contributed by atoms with Crippen LogP contribution >= 0.6 is 24.2 Å². The molecular weight excluding hydrogens is 350 g/mol. The maximum Gasteiger partial charge on any atom is 0.239 e. The molecule has 2 rings (SSSR count). The molecule has 0 saturated carbocycles. The third-order valence-electron chi connectivity index (χ3n) is 3.64. The molecule has 0 aromatic carbocycles. The molecule has 24 heavy (non-hydrogen) atoms. The molecule has 7 nitrogen and oxygen atoms in total. The number of ether oxygens (including phenoxy) is 1. The van der Waals surface area contributed by atoms with E-state index in [9.17, 15) is 4.79 Å². The number of hydrogen-bond acceptors (Lipinski definition) is 6. The first-order valence-corrected chi connectivity index (χ1v) is 9.39. The lowest BCUT2D eigenvalue weighted by atomic mass is 10.2. The van der Waals surface area contributed by atoms with Crippen molar-refractivity contribution in [2.24, 2.45) is 5.92 Å². The third kappa shape index (κ3) is 6.23. The number of rotatable bonds is 8. The van der Waals surface area contributed by atoms with Crippen LogP contribution in [0.1, 0.15) is 26.1 Å². The van der Waals surface area contributed by atoms with Crippen molar-refractivity contribution in [2.45, 2.75) is 44.4 Å². The van der Waals surface area contributed by atoms with Gasteiger partial charge in [-0.05, 0) is 18.6 Å². The summed E-state index contributed by atoms with van der Waals surface area (Å²) in [4.78, 5) is 12.0. The standard InChI is InChI=1S/C15H27N5O2S.ClH/c1-11(2)9-20-13(18-19-15(20)23-3)5-4-6-17-14(21)12-10-22-8-7-16-12;/h11-12,16H,4-10H2,1-3H3,(H,17,21);1H. The van der Waals surface area contributed by atoms with Crippen molar-refractivity contribution in [1.82, 2.24) is 25.4 Å². The van der Waals surface area contributed by atoms with Gasteiger partial charge in [0.1, 0.15) is 11.9 Å². The zero-order valence-electron chi connectivity index (χ0n) is 14.6. The number of carbonyl (C=O) groups excluding carboxylic acids is 1. The second kappa shape index (κ2) is 10.9. The van der Waals surface area contributed by atoms with E-state index in [0.29, 0.717) is 25.7 Å². The normalized spacial score (nSPS) is 17.6. The number of aryl methyl sites for hydroxylation is 1. The van der Waals surface area contributed by atoms with Gasteiger partial charge in [0.25, 0.3) is 0 Å². The fraction of sp³-hybridized carbons (Fsp3) is 0.800. The second-order valence-corrected chi connectivity index (χ2v) is 6.86. The Balaban J connectivity index is 0.00000288. The molecular formula is C15H28ClN5O2S. The van der Waals surface area contributed by atoms with E-state index in [4.69, 9.17) is 4.74 Å². The van der Waals surface area contributed by atoms with Crippen molar-refractivity contribution < 1.29 is 9.53 Å². The number of aromatic nitrogens is 3. The van der Waals surface area contributed by atoms with Gasteiger partial charge in [0, 0.05) is 26.1 Å². The van der Waals surface area contributed by atoms with E-state index in [2.05, 4.69) is 39.2 Å². The topological polar surface area (TPSA) is 81.1 Å². The van der Waals surface area contributed by atoms with Gasteiger partial charge in [-0.1, -0.05) is 25.6 Å². The van der Waals surface area contributed by atoms with Crippen LogP contribution in [0.4, 0.5) is 0 Å². The number of thioether (sulfide) groups is 1. The predicted molar refractivity (Wildman–Crippen MR) is 97.8 cm³/mol. The highest BCUT2D eigenvalue weighted by molar-refractivity contribution is 7.98. The molecule has 1 aliphatic heterocycles. The Bertz CT molecular complexity index is 506. The number of amides is 1. The summed E-state index contributed by atoms with van der Waals surface area (Å²) in [5.41, 5.74) is 0. The Labute approximate surface area is 154 Å². The number of nitrogens with one attached hydrogen (secondary N) is 2. The van der Waals surface area contributed by atoms with Gasteiger partial charge in [0.2, 0.25) is 5.91 Å². The molecule has 0 radical (unpaired) electrons. The van der Waals surface area contributed by atoms with Crippen molar-refractivity contribution in [1.29, 1.82) is 0 Å². The van der Waals surface area contributed by atoms with Crippen LogP contribution in [0.25, 0.3) is 0 Å². The quantitative estimate of drug-likeness (QED) is 0.522. The van der Waals surface area contributed by atoms with E-state index in [1.54, 1.807) is 11.8 Å². The highest BCUT2D eigenvalue weighted by Crippen LogP contribution is 2.16. The number of nitrogens with zero attached hydrogens (tertiary/aromatic N) is 3. The first-order valence-electron chi connectivity index (χ1n) is 8.16. The van der Waals surface area contributed by atoms with Gasteiger partial charge in [-0.2, -0.15) is 0 Å². The Kier molecular flexibility index (Phi) is 9.65. The molecule has 1 atom stereocenters. The first kappa shape index (κ1) is 21.2. The summed E-state index contributed by atoms with van der Waals surface area (Å²) >= 11 is 1.62. The molecule has 1 saturated heterocycles. The zero-order chi connectivity index (χ0) is 16.7. The molecule has 1 unspecified atom stereocenters. The van der Waals surface area contributed by atoms with Crippen LogP contribution in [0.15, 0.2) is 5.16 Å². The average Bonchev–Trinajstić information content (AvgIpc) is 2.93. The largest absolute Gasteiger partial charge is 0.378 e. The van der Waals surface area contributed by atoms with Crippen molar-refractivity contribution >= 4 is 30.1 Å². The molecule has 138 valence electrons. The second-order valence-electron chi connectivity index (χ2n) is 6.08. The Morgan fingerprint density at radius 3 is 2.92 bits per heavy atom. The van der Waals surface area contributed by atoms with E-state index in [1.807, 2.05) is 6.26 Å². The van der Waals surface area contributed by atoms with Gasteiger partial charge in [-0.15, -0.1) is 22.6 Å². The molecule has 2 N–H and O–H groups in total. The van der Waals surface area contributed by atoms with E-state index in [1.165, 1.54) is 0 Å². The molecule has 1 aromatic rings. The highest BCUT2D eigenvalue weighted by Gasteiger charge is 2.20. The summed E-state index contributed by atoms with van der Waals surface area (Å²) in [5.74, 6) is 1.56. The lowest BCUT2D eigenvalue weighted by molar-refractivity contribution is -0.125. The molecule has 1 fully saturated rings. The highest BCUT2D eigenvalue weighted by atomic mass is 35.5. The summed E-state index contributed by atoms with van der Waals surface area (Å²) in [6, 6.07) is -0.226. The molecule has 9 heteroatoms. The van der Waals surface area contributed by atoms with Crippen LogP contribution < -0.4 is 10.6 Å². The van der Waals surface area contributed by atoms with E-state index < -0.39 is 0 Å². The van der Waals surface area contributed by atoms with Crippen molar-refractivity contribution in [3.8, 4) is 0 Å². The minimum Gasteiger partial charge on any atom is -0.378 e. The number of morpholine rings is 1. The summed E-state index contributed by atoms with van der Waals surface area (Å²) in [6.45, 7) is 7.79. The lowest BCUT2D eigenvalue weighted by Crippen LogP contribution is -2.51. The Morgan fingerprint density at radius 1 is 1.50 bits per heavy atom. The van der Waals surface area contributed by atoms with Crippen LogP contribution in [-0.2, 0) is 22.5 Å². The maximum atomic E-state index is 12.0. The fourth-order valence-electron chi connectivity index (χ4n) is 2.52. The van der Waals surface area contributed by atoms with Gasteiger partial charge < -0.3 is 19.9 Å². The first-order chi connectivity index (χ1) is 11.1. The summed E-state index contributed by atoms with van der Waals surface area (Å²) in [6.07, 6.45) is 3.68. The number of halogens is 1. The molecule has 0 aliphatic carbocycles. The number of hydrogen-bond donors (Lipinski definition) is 2. The molecule has 1 aliphatic rings. The summed E-state index contributed by atoms with van der Waals surface area (Å²) in [5, 5.41) is 15.6. The maximum absolute atomic E-state index is 12.0. The van der Waals surface area contributed by atoms with Crippen LogP contribution in [0.3, 0.4) is 0 Å². The smallest absolute Gasteiger partial charge is 0.239 e. The predicted octanol–water partition coefficient (Wildman–Crippen LogP) is 1.11. The monoisotopic (exact) mass is 377 g/mol. The Morgan fingerprint density at radius 2 is 2.29 bits per heavy atom. The SMILES string of the molecule is CSc1nnc(CCCNC(=O)C2COCCN2)n1CC(C)C.Cl. The van der Waals surface area contributed by atoms with Gasteiger partial charge in [-0.3, -0.25) is 4.79 Å². The van der Waals surface area contributed by atoms with E-state index in [-0.39, 0.29) is 24.4 Å². The third-order valence-corrected chi connectivity index (χ3v) is 4.31. The molecule has 1 aromatic heterocycles. The summed E-state index contributed by atoms with van der Waals surface area (Å²) < 4.78 is 7.49. The van der Waals surface area contributed by atoms with Crippen molar-refractivity contribution in [3.63, 3.8) is 0 Å². The minimum atomic E-state index is -0.226. The minimum absolute atomic E-state index is 0. The van der Waals surface area contributed by atoms with Crippen molar-refractivity contribution in [2.75, 3.05) is 32.6 Å². The van der Waals surface area contributed by atoms with Crippen molar-refractivity contribution in [3.05, 3.63) is 5.82 Å². The van der Waals surface area contributed by atoms with Gasteiger partial charge in [-0.25, -0.2) is 0 Å². The zero-order valence-corrected chi connectivity index (χ0v) is 16.2. The van der Waals surface area contributed by atoms with E-state index in [0.717, 1.165) is 36.9 Å². The van der Waals surface area contributed by atoms with Gasteiger partial charge >= 0.3 is 0 Å². The summed E-state index contributed by atoms with van der Waals surface area (Å²) in [7, 11) is 0. The van der Waals surface area contributed by atoms with Crippen LogP contribution in [0, 0.1) is 5.92 Å².